The maximum absolute atomic E-state index is 13.5. The SMILES string of the molecule is CCN(CC)S(=O)(=O)N1C[C@@H](c2ccccc2Cl)c2c([nH]c3ccccc23)[C@H]1C. The minimum atomic E-state index is -3.60. The van der Waals surface area contributed by atoms with Crippen LogP contribution in [0.2, 0.25) is 5.02 Å². The van der Waals surface area contributed by atoms with Crippen molar-refractivity contribution in [1.82, 2.24) is 13.6 Å². The number of hydrogen-bond acceptors (Lipinski definition) is 2. The molecule has 0 bridgehead atoms. The number of benzene rings is 2. The van der Waals surface area contributed by atoms with Gasteiger partial charge in [0, 0.05) is 47.2 Å². The van der Waals surface area contributed by atoms with Crippen molar-refractivity contribution in [2.75, 3.05) is 19.6 Å². The number of H-pyrrole nitrogens is 1. The summed E-state index contributed by atoms with van der Waals surface area (Å²) >= 11 is 6.57. The second kappa shape index (κ2) is 7.76. The molecule has 0 spiro atoms. The molecular weight excluding hydrogens is 406 g/mol. The van der Waals surface area contributed by atoms with Crippen molar-refractivity contribution < 1.29 is 8.42 Å². The Morgan fingerprint density at radius 2 is 1.76 bits per heavy atom. The second-order valence-electron chi connectivity index (χ2n) is 7.41. The van der Waals surface area contributed by atoms with E-state index in [1.54, 1.807) is 4.31 Å². The number of halogens is 1. The zero-order valence-electron chi connectivity index (χ0n) is 16.9. The smallest absolute Gasteiger partial charge is 0.282 e. The van der Waals surface area contributed by atoms with Crippen LogP contribution in [0.1, 0.15) is 49.6 Å². The summed E-state index contributed by atoms with van der Waals surface area (Å²) in [5.41, 5.74) is 4.06. The van der Waals surface area contributed by atoms with Crippen molar-refractivity contribution in [3.63, 3.8) is 0 Å². The Balaban J connectivity index is 1.94. The molecule has 0 fully saturated rings. The molecule has 0 radical (unpaired) electrons. The van der Waals surface area contributed by atoms with Crippen molar-refractivity contribution in [2.24, 2.45) is 0 Å². The van der Waals surface area contributed by atoms with E-state index in [4.69, 9.17) is 11.6 Å². The Labute approximate surface area is 177 Å². The minimum absolute atomic E-state index is 0.142. The molecule has 1 aliphatic heterocycles. The number of hydrogen-bond donors (Lipinski definition) is 1. The van der Waals surface area contributed by atoms with Crippen molar-refractivity contribution in [3.8, 4) is 0 Å². The molecule has 5 nitrogen and oxygen atoms in total. The highest BCUT2D eigenvalue weighted by Crippen LogP contribution is 2.45. The largest absolute Gasteiger partial charge is 0.357 e. The van der Waals surface area contributed by atoms with Crippen molar-refractivity contribution >= 4 is 32.7 Å². The van der Waals surface area contributed by atoms with Crippen LogP contribution in [0.25, 0.3) is 10.9 Å². The van der Waals surface area contributed by atoms with Crippen LogP contribution in [-0.4, -0.2) is 41.6 Å². The molecule has 0 amide bonds. The molecule has 3 aromatic rings. The van der Waals surface area contributed by atoms with E-state index < -0.39 is 10.2 Å². The Hall–Kier alpha value is -1.86. The van der Waals surface area contributed by atoms with Crippen LogP contribution in [0, 0.1) is 0 Å². The normalized spacial score (nSPS) is 20.3. The second-order valence-corrected chi connectivity index (χ2v) is 9.70. The summed E-state index contributed by atoms with van der Waals surface area (Å²) in [6.45, 7) is 6.94. The fraction of sp³-hybridized carbons (Fsp3) is 0.364. The minimum Gasteiger partial charge on any atom is -0.357 e. The van der Waals surface area contributed by atoms with E-state index in [0.29, 0.717) is 24.7 Å². The number of fused-ring (bicyclic) bond motifs is 3. The zero-order chi connectivity index (χ0) is 20.8. The third kappa shape index (κ3) is 3.28. The van der Waals surface area contributed by atoms with Gasteiger partial charge < -0.3 is 4.98 Å². The summed E-state index contributed by atoms with van der Waals surface area (Å²) in [5.74, 6) is -0.142. The van der Waals surface area contributed by atoms with Gasteiger partial charge >= 0.3 is 0 Å². The maximum atomic E-state index is 13.5. The van der Waals surface area contributed by atoms with Crippen LogP contribution in [0.5, 0.6) is 0 Å². The van der Waals surface area contributed by atoms with Gasteiger partial charge in [0.05, 0.1) is 6.04 Å². The molecule has 2 atom stereocenters. The predicted octanol–water partition coefficient (Wildman–Crippen LogP) is 4.92. The highest BCUT2D eigenvalue weighted by Gasteiger charge is 2.42. The average molecular weight is 432 g/mol. The van der Waals surface area contributed by atoms with Gasteiger partial charge in [-0.15, -0.1) is 0 Å². The van der Waals surface area contributed by atoms with E-state index in [1.165, 1.54) is 4.31 Å². The van der Waals surface area contributed by atoms with Crippen molar-refractivity contribution in [3.05, 3.63) is 70.4 Å². The van der Waals surface area contributed by atoms with E-state index >= 15 is 0 Å². The van der Waals surface area contributed by atoms with Gasteiger partial charge in [-0.3, -0.25) is 0 Å². The Morgan fingerprint density at radius 3 is 2.45 bits per heavy atom. The summed E-state index contributed by atoms with van der Waals surface area (Å²) in [4.78, 5) is 3.49. The third-order valence-electron chi connectivity index (χ3n) is 5.95. The highest BCUT2D eigenvalue weighted by molar-refractivity contribution is 7.86. The van der Waals surface area contributed by atoms with Gasteiger partial charge in [-0.2, -0.15) is 17.0 Å². The maximum Gasteiger partial charge on any atom is 0.282 e. The first-order chi connectivity index (χ1) is 13.9. The zero-order valence-corrected chi connectivity index (χ0v) is 18.5. The lowest BCUT2D eigenvalue weighted by Crippen LogP contribution is -2.48. The Kier molecular flexibility index (Phi) is 5.46. The number of nitrogens with zero attached hydrogens (tertiary/aromatic N) is 2. The van der Waals surface area contributed by atoms with Gasteiger partial charge in [0.1, 0.15) is 0 Å². The summed E-state index contributed by atoms with van der Waals surface area (Å²) in [7, 11) is -3.60. The van der Waals surface area contributed by atoms with Gasteiger partial charge in [-0.05, 0) is 30.2 Å². The molecule has 2 heterocycles. The molecular formula is C22H26ClN3O2S. The number of para-hydroxylation sites is 1. The molecule has 0 unspecified atom stereocenters. The third-order valence-corrected chi connectivity index (χ3v) is 8.52. The van der Waals surface area contributed by atoms with E-state index in [0.717, 1.165) is 27.7 Å². The number of aromatic nitrogens is 1. The summed E-state index contributed by atoms with van der Waals surface area (Å²) in [5, 5.41) is 1.78. The quantitative estimate of drug-likeness (QED) is 0.623. The van der Waals surface area contributed by atoms with Gasteiger partial charge in [-0.1, -0.05) is 61.8 Å². The summed E-state index contributed by atoms with van der Waals surface area (Å²) in [6, 6.07) is 15.6. The Morgan fingerprint density at radius 1 is 1.10 bits per heavy atom. The molecule has 0 saturated heterocycles. The van der Waals surface area contributed by atoms with Gasteiger partial charge in [0.2, 0.25) is 0 Å². The molecule has 1 N–H and O–H groups in total. The van der Waals surface area contributed by atoms with E-state index in [9.17, 15) is 8.42 Å². The molecule has 1 aliphatic rings. The molecule has 0 aliphatic carbocycles. The highest BCUT2D eigenvalue weighted by atomic mass is 35.5. The summed E-state index contributed by atoms with van der Waals surface area (Å²) in [6.07, 6.45) is 0. The average Bonchev–Trinajstić information content (AvgIpc) is 3.10. The van der Waals surface area contributed by atoms with Crippen LogP contribution >= 0.6 is 11.6 Å². The standard InChI is InChI=1S/C22H26ClN3O2S/c1-4-25(5-2)29(27,28)26-14-18(16-10-6-8-12-19(16)23)21-17-11-7-9-13-20(17)24-22(21)15(26)3/h6-13,15,18,24H,4-5,14H2,1-3H3/t15-,18+/m1/s1. The van der Waals surface area contributed by atoms with Gasteiger partial charge in [0.25, 0.3) is 10.2 Å². The van der Waals surface area contributed by atoms with Crippen molar-refractivity contribution in [1.29, 1.82) is 0 Å². The van der Waals surface area contributed by atoms with Gasteiger partial charge in [-0.25, -0.2) is 0 Å². The van der Waals surface area contributed by atoms with Crippen LogP contribution < -0.4 is 0 Å². The van der Waals surface area contributed by atoms with E-state index in [-0.39, 0.29) is 12.0 Å². The first-order valence-corrected chi connectivity index (χ1v) is 11.8. The summed E-state index contributed by atoms with van der Waals surface area (Å²) < 4.78 is 30.0. The Bertz CT molecular complexity index is 1140. The fourth-order valence-electron chi connectivity index (χ4n) is 4.47. The number of aromatic amines is 1. The molecule has 154 valence electrons. The first kappa shape index (κ1) is 20.4. The lowest BCUT2D eigenvalue weighted by molar-refractivity contribution is 0.277. The van der Waals surface area contributed by atoms with E-state index in [2.05, 4.69) is 11.1 Å². The van der Waals surface area contributed by atoms with Crippen LogP contribution in [0.15, 0.2) is 48.5 Å². The van der Waals surface area contributed by atoms with E-state index in [1.807, 2.05) is 63.2 Å². The monoisotopic (exact) mass is 431 g/mol. The van der Waals surface area contributed by atoms with Crippen LogP contribution in [-0.2, 0) is 10.2 Å². The topological polar surface area (TPSA) is 56.4 Å². The molecule has 4 rings (SSSR count). The van der Waals surface area contributed by atoms with Gasteiger partial charge in [0.15, 0.2) is 0 Å². The lowest BCUT2D eigenvalue weighted by atomic mass is 9.85. The molecule has 0 saturated carbocycles. The predicted molar refractivity (Wildman–Crippen MR) is 119 cm³/mol. The van der Waals surface area contributed by atoms with Crippen LogP contribution in [0.3, 0.4) is 0 Å². The molecule has 29 heavy (non-hydrogen) atoms. The molecule has 7 heteroatoms. The number of rotatable bonds is 5. The molecule has 1 aromatic heterocycles. The molecule has 2 aromatic carbocycles. The fourth-order valence-corrected chi connectivity index (χ4v) is 6.53. The van der Waals surface area contributed by atoms with Crippen molar-refractivity contribution in [2.45, 2.75) is 32.7 Å². The lowest BCUT2D eigenvalue weighted by Gasteiger charge is -2.39. The number of nitrogens with one attached hydrogen (secondary N) is 1. The van der Waals surface area contributed by atoms with Crippen LogP contribution in [0.4, 0.5) is 0 Å². The first-order valence-electron chi connectivity index (χ1n) is 10.0.